The average Bonchev–Trinajstić information content (AvgIpc) is 2.55. The van der Waals surface area contributed by atoms with Crippen LogP contribution in [0, 0.1) is 11.3 Å². The number of nitriles is 1. The molecule has 0 radical (unpaired) electrons. The van der Waals surface area contributed by atoms with Crippen LogP contribution in [-0.4, -0.2) is 20.3 Å². The van der Waals surface area contributed by atoms with Crippen molar-refractivity contribution in [3.63, 3.8) is 0 Å². The van der Waals surface area contributed by atoms with E-state index >= 15 is 0 Å². The molecule has 1 N–H and O–H groups in total. The number of nitrogens with zero attached hydrogens (tertiary/aromatic N) is 1. The molecular weight excluding hydrogens is 264 g/mol. The van der Waals surface area contributed by atoms with Gasteiger partial charge in [0.05, 0.1) is 18.7 Å². The smallest absolute Gasteiger partial charge is 0.119 e. The highest BCUT2D eigenvalue weighted by Gasteiger charge is 1.97. The largest absolute Gasteiger partial charge is 0.497 e. The Kier molecular flexibility index (Phi) is 5.62. The third-order valence-electron chi connectivity index (χ3n) is 2.99. The van der Waals surface area contributed by atoms with Crippen LogP contribution in [0.2, 0.25) is 0 Å². The number of rotatable bonds is 7. The van der Waals surface area contributed by atoms with Crippen molar-refractivity contribution in [2.45, 2.75) is 6.54 Å². The molecule has 0 atom stereocenters. The third kappa shape index (κ3) is 4.83. The third-order valence-corrected chi connectivity index (χ3v) is 2.99. The lowest BCUT2D eigenvalue weighted by Gasteiger charge is -2.08. The molecule has 0 heterocycles. The van der Waals surface area contributed by atoms with Gasteiger partial charge in [0.25, 0.3) is 0 Å². The fraction of sp³-hybridized carbons (Fsp3) is 0.235. The zero-order chi connectivity index (χ0) is 14.9. The molecule has 0 aromatic heterocycles. The molecule has 2 aromatic carbocycles. The van der Waals surface area contributed by atoms with Crippen molar-refractivity contribution in [1.82, 2.24) is 5.32 Å². The van der Waals surface area contributed by atoms with E-state index in [-0.39, 0.29) is 0 Å². The first kappa shape index (κ1) is 14.9. The van der Waals surface area contributed by atoms with Gasteiger partial charge in [-0.1, -0.05) is 12.1 Å². The lowest BCUT2D eigenvalue weighted by molar-refractivity contribution is 0.313. The topological polar surface area (TPSA) is 54.3 Å². The average molecular weight is 282 g/mol. The van der Waals surface area contributed by atoms with Crippen LogP contribution in [-0.2, 0) is 6.54 Å². The molecule has 4 nitrogen and oxygen atoms in total. The second-order valence-electron chi connectivity index (χ2n) is 4.51. The van der Waals surface area contributed by atoms with Crippen LogP contribution in [0.5, 0.6) is 11.5 Å². The molecule has 2 aromatic rings. The van der Waals surface area contributed by atoms with Gasteiger partial charge in [0.2, 0.25) is 0 Å². The Balaban J connectivity index is 1.68. The molecule has 0 unspecified atom stereocenters. The number of nitrogens with one attached hydrogen (secondary N) is 1. The maximum Gasteiger partial charge on any atom is 0.119 e. The van der Waals surface area contributed by atoms with E-state index in [2.05, 4.69) is 11.4 Å². The summed E-state index contributed by atoms with van der Waals surface area (Å²) in [5.41, 5.74) is 1.78. The molecule has 21 heavy (non-hydrogen) atoms. The molecule has 108 valence electrons. The van der Waals surface area contributed by atoms with Crippen LogP contribution in [0.1, 0.15) is 11.1 Å². The number of methoxy groups -OCH3 is 1. The van der Waals surface area contributed by atoms with Crippen molar-refractivity contribution in [3.8, 4) is 17.6 Å². The van der Waals surface area contributed by atoms with E-state index in [9.17, 15) is 0 Å². The predicted molar refractivity (Wildman–Crippen MR) is 81.4 cm³/mol. The highest BCUT2D eigenvalue weighted by atomic mass is 16.5. The summed E-state index contributed by atoms with van der Waals surface area (Å²) in [6, 6.07) is 17.2. The minimum absolute atomic E-state index is 0.588. The lowest BCUT2D eigenvalue weighted by atomic mass is 10.1. The minimum atomic E-state index is 0.588. The van der Waals surface area contributed by atoms with Crippen molar-refractivity contribution in [3.05, 3.63) is 59.7 Å². The fourth-order valence-electron chi connectivity index (χ4n) is 1.90. The van der Waals surface area contributed by atoms with Gasteiger partial charge in [-0.05, 0) is 42.0 Å². The Morgan fingerprint density at radius 2 is 1.86 bits per heavy atom. The number of hydrogen-bond acceptors (Lipinski definition) is 4. The number of benzene rings is 2. The summed E-state index contributed by atoms with van der Waals surface area (Å²) in [5.74, 6) is 1.64. The van der Waals surface area contributed by atoms with Crippen molar-refractivity contribution in [2.24, 2.45) is 0 Å². The Bertz CT molecular complexity index is 603. The summed E-state index contributed by atoms with van der Waals surface area (Å²) < 4.78 is 10.7. The molecule has 2 rings (SSSR count). The summed E-state index contributed by atoms with van der Waals surface area (Å²) in [5, 5.41) is 12.1. The van der Waals surface area contributed by atoms with Gasteiger partial charge in [-0.2, -0.15) is 5.26 Å². The zero-order valence-corrected chi connectivity index (χ0v) is 12.0. The van der Waals surface area contributed by atoms with Crippen LogP contribution in [0.15, 0.2) is 48.5 Å². The zero-order valence-electron chi connectivity index (χ0n) is 12.0. The highest BCUT2D eigenvalue weighted by Crippen LogP contribution is 2.16. The van der Waals surface area contributed by atoms with Crippen LogP contribution < -0.4 is 14.8 Å². The van der Waals surface area contributed by atoms with E-state index in [4.69, 9.17) is 14.7 Å². The van der Waals surface area contributed by atoms with Gasteiger partial charge in [-0.25, -0.2) is 0 Å². The maximum atomic E-state index is 8.84. The summed E-state index contributed by atoms with van der Waals surface area (Å²) in [4.78, 5) is 0. The van der Waals surface area contributed by atoms with Crippen molar-refractivity contribution >= 4 is 0 Å². The van der Waals surface area contributed by atoms with Gasteiger partial charge in [0.15, 0.2) is 0 Å². The van der Waals surface area contributed by atoms with E-state index in [1.165, 1.54) is 0 Å². The molecular formula is C17H18N2O2. The van der Waals surface area contributed by atoms with Crippen LogP contribution in [0.25, 0.3) is 0 Å². The van der Waals surface area contributed by atoms with Crippen molar-refractivity contribution < 1.29 is 9.47 Å². The van der Waals surface area contributed by atoms with Gasteiger partial charge < -0.3 is 14.8 Å². The molecule has 0 spiro atoms. The van der Waals surface area contributed by atoms with Crippen LogP contribution in [0.4, 0.5) is 0 Å². The standard InChI is InChI=1S/C17H18N2O2/c1-20-16-5-7-17(8-6-16)21-10-9-19-13-15-4-2-3-14(11-15)12-18/h2-8,11,19H,9-10,13H2,1H3. The van der Waals surface area contributed by atoms with E-state index in [0.29, 0.717) is 12.2 Å². The fourth-order valence-corrected chi connectivity index (χ4v) is 1.90. The first-order valence-electron chi connectivity index (χ1n) is 6.78. The summed E-state index contributed by atoms with van der Waals surface area (Å²) >= 11 is 0. The van der Waals surface area contributed by atoms with E-state index < -0.39 is 0 Å². The molecule has 0 saturated carbocycles. The lowest BCUT2D eigenvalue weighted by Crippen LogP contribution is -2.20. The molecule has 0 saturated heterocycles. The maximum absolute atomic E-state index is 8.84. The number of hydrogen-bond donors (Lipinski definition) is 1. The normalized spacial score (nSPS) is 9.90. The molecule has 0 aliphatic heterocycles. The Labute approximate surface area is 124 Å². The summed E-state index contributed by atoms with van der Waals surface area (Å²) in [7, 11) is 1.64. The highest BCUT2D eigenvalue weighted by molar-refractivity contribution is 5.33. The Hall–Kier alpha value is -2.51. The van der Waals surface area contributed by atoms with E-state index in [1.54, 1.807) is 13.2 Å². The van der Waals surface area contributed by atoms with Crippen LogP contribution in [0.3, 0.4) is 0 Å². The summed E-state index contributed by atoms with van der Waals surface area (Å²) in [6.07, 6.45) is 0. The van der Waals surface area contributed by atoms with Gasteiger partial charge in [0.1, 0.15) is 18.1 Å². The minimum Gasteiger partial charge on any atom is -0.497 e. The molecule has 0 bridgehead atoms. The Morgan fingerprint density at radius 3 is 2.57 bits per heavy atom. The second-order valence-corrected chi connectivity index (χ2v) is 4.51. The van der Waals surface area contributed by atoms with E-state index in [1.807, 2.05) is 42.5 Å². The second kappa shape index (κ2) is 7.93. The first-order chi connectivity index (χ1) is 10.3. The molecule has 0 fully saturated rings. The predicted octanol–water partition coefficient (Wildman–Crippen LogP) is 2.74. The van der Waals surface area contributed by atoms with Gasteiger partial charge in [0, 0.05) is 13.1 Å². The molecule has 0 aliphatic carbocycles. The summed E-state index contributed by atoms with van der Waals surface area (Å²) in [6.45, 7) is 2.05. The Morgan fingerprint density at radius 1 is 1.10 bits per heavy atom. The van der Waals surface area contributed by atoms with Gasteiger partial charge >= 0.3 is 0 Å². The van der Waals surface area contributed by atoms with Gasteiger partial charge in [-0.15, -0.1) is 0 Å². The van der Waals surface area contributed by atoms with Gasteiger partial charge in [-0.3, -0.25) is 0 Å². The van der Waals surface area contributed by atoms with E-state index in [0.717, 1.165) is 30.2 Å². The molecule has 4 heteroatoms. The molecule has 0 amide bonds. The molecule has 0 aliphatic rings. The quantitative estimate of drug-likeness (QED) is 0.793. The first-order valence-corrected chi connectivity index (χ1v) is 6.78. The number of ether oxygens (including phenoxy) is 2. The SMILES string of the molecule is COc1ccc(OCCNCc2cccc(C#N)c2)cc1. The monoisotopic (exact) mass is 282 g/mol. The van der Waals surface area contributed by atoms with Crippen molar-refractivity contribution in [2.75, 3.05) is 20.3 Å². The van der Waals surface area contributed by atoms with Crippen molar-refractivity contribution in [1.29, 1.82) is 5.26 Å². The van der Waals surface area contributed by atoms with Crippen LogP contribution >= 0.6 is 0 Å².